The monoisotopic (exact) mass is 284 g/mol. The second kappa shape index (κ2) is 4.28. The summed E-state index contributed by atoms with van der Waals surface area (Å²) in [5.74, 6) is 0.478. The second-order valence-corrected chi connectivity index (χ2v) is 5.30. The van der Waals surface area contributed by atoms with Crippen LogP contribution in [0.5, 0.6) is 0 Å². The number of rotatable bonds is 3. The van der Waals surface area contributed by atoms with Crippen molar-refractivity contribution in [3.05, 3.63) is 39.0 Å². The third kappa shape index (κ3) is 2.03. The third-order valence-corrected chi connectivity index (χ3v) is 3.59. The van der Waals surface area contributed by atoms with Gasteiger partial charge in [-0.25, -0.2) is 4.98 Å². The topological polar surface area (TPSA) is 34.9 Å². The van der Waals surface area contributed by atoms with Gasteiger partial charge in [-0.05, 0) is 28.9 Å². The van der Waals surface area contributed by atoms with Crippen molar-refractivity contribution in [2.75, 3.05) is 0 Å². The van der Waals surface area contributed by atoms with Gasteiger partial charge >= 0.3 is 0 Å². The Morgan fingerprint density at radius 3 is 3.07 bits per heavy atom. The summed E-state index contributed by atoms with van der Waals surface area (Å²) in [5, 5.41) is 1.83. The van der Waals surface area contributed by atoms with Crippen molar-refractivity contribution in [3.63, 3.8) is 0 Å². The molecule has 0 atom stereocenters. The number of thiophene rings is 1. The van der Waals surface area contributed by atoms with E-state index in [1.807, 2.05) is 29.1 Å². The van der Waals surface area contributed by atoms with E-state index in [2.05, 4.69) is 20.9 Å². The smallest absolute Gasteiger partial charge is 0.229 e. The molecule has 0 fully saturated rings. The van der Waals surface area contributed by atoms with E-state index in [4.69, 9.17) is 0 Å². The summed E-state index contributed by atoms with van der Waals surface area (Å²) >= 11 is 4.84. The predicted molar refractivity (Wildman–Crippen MR) is 63.4 cm³/mol. The average Bonchev–Trinajstić information content (AvgIpc) is 2.84. The largest absolute Gasteiger partial charge is 0.328 e. The molecule has 0 aromatic carbocycles. The molecular weight excluding hydrogens is 276 g/mol. The van der Waals surface area contributed by atoms with E-state index >= 15 is 0 Å². The van der Waals surface area contributed by atoms with Crippen LogP contribution in [-0.4, -0.2) is 15.3 Å². The number of halogens is 1. The Morgan fingerprint density at radius 1 is 1.67 bits per heavy atom. The zero-order valence-electron chi connectivity index (χ0n) is 8.11. The van der Waals surface area contributed by atoms with Gasteiger partial charge in [0.05, 0.1) is 3.79 Å². The van der Waals surface area contributed by atoms with Crippen LogP contribution in [0.4, 0.5) is 0 Å². The first kappa shape index (κ1) is 10.6. The summed E-state index contributed by atoms with van der Waals surface area (Å²) in [6, 6.07) is 1.82. The van der Waals surface area contributed by atoms with Crippen molar-refractivity contribution in [2.24, 2.45) is 0 Å². The first-order chi connectivity index (χ1) is 7.22. The minimum atomic E-state index is -0.0243. The summed E-state index contributed by atoms with van der Waals surface area (Å²) in [5.41, 5.74) is 0.688. The van der Waals surface area contributed by atoms with Gasteiger partial charge in [-0.2, -0.15) is 0 Å². The van der Waals surface area contributed by atoms with Crippen LogP contribution in [0.15, 0.2) is 27.6 Å². The predicted octanol–water partition coefficient (Wildman–Crippen LogP) is 2.96. The van der Waals surface area contributed by atoms with Crippen LogP contribution in [0.2, 0.25) is 0 Å². The molecule has 0 N–H and O–H groups in total. The molecule has 0 aliphatic carbocycles. The number of nitrogens with zero attached hydrogens (tertiary/aromatic N) is 2. The number of ketones is 1. The molecule has 0 aliphatic rings. The van der Waals surface area contributed by atoms with Gasteiger partial charge in [0.25, 0.3) is 0 Å². The Hall–Kier alpha value is -0.940. The number of aromatic nitrogens is 2. The lowest BCUT2D eigenvalue weighted by atomic mass is 10.2. The summed E-state index contributed by atoms with van der Waals surface area (Å²) < 4.78 is 2.80. The SMILES string of the molecule is CCn1ccnc1C(=O)c1csc(Br)c1. The highest BCUT2D eigenvalue weighted by Gasteiger charge is 2.15. The molecule has 3 nitrogen and oxygen atoms in total. The lowest BCUT2D eigenvalue weighted by Crippen LogP contribution is -2.09. The van der Waals surface area contributed by atoms with Crippen LogP contribution < -0.4 is 0 Å². The fourth-order valence-corrected chi connectivity index (χ4v) is 2.47. The molecule has 0 aliphatic heterocycles. The van der Waals surface area contributed by atoms with Crippen LogP contribution in [0.3, 0.4) is 0 Å². The fraction of sp³-hybridized carbons (Fsp3) is 0.200. The number of imidazole rings is 1. The summed E-state index contributed by atoms with van der Waals surface area (Å²) in [6.45, 7) is 2.74. The van der Waals surface area contributed by atoms with Crippen molar-refractivity contribution in [1.82, 2.24) is 9.55 Å². The summed E-state index contributed by atoms with van der Waals surface area (Å²) in [4.78, 5) is 16.1. The van der Waals surface area contributed by atoms with Crippen LogP contribution in [0.1, 0.15) is 23.1 Å². The Kier molecular flexibility index (Phi) is 3.02. The van der Waals surface area contributed by atoms with Gasteiger partial charge in [0.1, 0.15) is 0 Å². The molecule has 0 spiro atoms. The molecule has 0 radical (unpaired) electrons. The number of carbonyl (C=O) groups is 1. The van der Waals surface area contributed by atoms with Gasteiger partial charge in [0.15, 0.2) is 5.82 Å². The van der Waals surface area contributed by atoms with E-state index in [1.165, 1.54) is 11.3 Å². The molecule has 0 amide bonds. The van der Waals surface area contributed by atoms with E-state index in [0.717, 1.165) is 10.3 Å². The standard InChI is InChI=1S/C10H9BrN2OS/c1-2-13-4-3-12-10(13)9(14)7-5-8(11)15-6-7/h3-6H,2H2,1H3. The van der Waals surface area contributed by atoms with Crippen molar-refractivity contribution in [2.45, 2.75) is 13.5 Å². The molecule has 2 heterocycles. The van der Waals surface area contributed by atoms with Crippen molar-refractivity contribution < 1.29 is 4.79 Å². The molecule has 2 aromatic rings. The summed E-state index contributed by atoms with van der Waals surface area (Å²) in [7, 11) is 0. The Labute approximate surface area is 99.9 Å². The van der Waals surface area contributed by atoms with Crippen molar-refractivity contribution >= 4 is 33.0 Å². The first-order valence-corrected chi connectivity index (χ1v) is 6.19. The molecule has 2 aromatic heterocycles. The van der Waals surface area contributed by atoms with Gasteiger partial charge in [0, 0.05) is 29.9 Å². The van der Waals surface area contributed by atoms with Gasteiger partial charge in [0.2, 0.25) is 5.78 Å². The van der Waals surface area contributed by atoms with E-state index < -0.39 is 0 Å². The molecule has 2 rings (SSSR count). The van der Waals surface area contributed by atoms with Gasteiger partial charge in [-0.15, -0.1) is 11.3 Å². The van der Waals surface area contributed by atoms with Crippen molar-refractivity contribution in [1.29, 1.82) is 0 Å². The van der Waals surface area contributed by atoms with Crippen LogP contribution in [0.25, 0.3) is 0 Å². The zero-order chi connectivity index (χ0) is 10.8. The highest BCUT2D eigenvalue weighted by molar-refractivity contribution is 9.11. The maximum absolute atomic E-state index is 12.0. The van der Waals surface area contributed by atoms with Gasteiger partial charge < -0.3 is 4.57 Å². The van der Waals surface area contributed by atoms with E-state index in [0.29, 0.717) is 11.4 Å². The average molecular weight is 285 g/mol. The number of carbonyl (C=O) groups excluding carboxylic acids is 1. The fourth-order valence-electron chi connectivity index (χ4n) is 1.33. The minimum absolute atomic E-state index is 0.0243. The minimum Gasteiger partial charge on any atom is -0.328 e. The van der Waals surface area contributed by atoms with Crippen LogP contribution in [0, 0.1) is 0 Å². The third-order valence-electron chi connectivity index (χ3n) is 2.09. The molecule has 0 saturated heterocycles. The molecule has 78 valence electrons. The molecule has 0 unspecified atom stereocenters. The van der Waals surface area contributed by atoms with E-state index in [9.17, 15) is 4.79 Å². The zero-order valence-corrected chi connectivity index (χ0v) is 10.5. The van der Waals surface area contributed by atoms with E-state index in [-0.39, 0.29) is 5.78 Å². The molecule has 15 heavy (non-hydrogen) atoms. The summed E-state index contributed by atoms with van der Waals surface area (Å²) in [6.07, 6.45) is 3.47. The van der Waals surface area contributed by atoms with Crippen molar-refractivity contribution in [3.8, 4) is 0 Å². The second-order valence-electron chi connectivity index (χ2n) is 3.01. The molecule has 0 saturated carbocycles. The lowest BCUT2D eigenvalue weighted by molar-refractivity contribution is 0.102. The normalized spacial score (nSPS) is 10.5. The Bertz CT molecular complexity index is 489. The lowest BCUT2D eigenvalue weighted by Gasteiger charge is -2.01. The van der Waals surface area contributed by atoms with Gasteiger partial charge in [-0.3, -0.25) is 4.79 Å². The molecule has 5 heteroatoms. The number of hydrogen-bond acceptors (Lipinski definition) is 3. The Balaban J connectivity index is 2.36. The Morgan fingerprint density at radius 2 is 2.47 bits per heavy atom. The van der Waals surface area contributed by atoms with E-state index in [1.54, 1.807) is 6.20 Å². The molecule has 0 bridgehead atoms. The highest BCUT2D eigenvalue weighted by atomic mass is 79.9. The molecular formula is C10H9BrN2OS. The maximum Gasteiger partial charge on any atom is 0.229 e. The first-order valence-electron chi connectivity index (χ1n) is 4.52. The van der Waals surface area contributed by atoms with Crippen LogP contribution in [-0.2, 0) is 6.54 Å². The number of aryl methyl sites for hydroxylation is 1. The van der Waals surface area contributed by atoms with Gasteiger partial charge in [-0.1, -0.05) is 0 Å². The quantitative estimate of drug-likeness (QED) is 0.813. The van der Waals surface area contributed by atoms with Crippen LogP contribution >= 0.6 is 27.3 Å². The highest BCUT2D eigenvalue weighted by Crippen LogP contribution is 2.22. The maximum atomic E-state index is 12.0. The number of hydrogen-bond donors (Lipinski definition) is 0.